The van der Waals surface area contributed by atoms with E-state index in [0.717, 1.165) is 0 Å². The van der Waals surface area contributed by atoms with Crippen LogP contribution < -0.4 is 10.5 Å². The Balaban J connectivity index is 2.18. The first kappa shape index (κ1) is 13.8. The predicted octanol–water partition coefficient (Wildman–Crippen LogP) is 0.883. The average Bonchev–Trinajstić information content (AvgIpc) is 2.45. The number of nitrogens with two attached hydrogens (primary N) is 1. The molecule has 1 aromatic carbocycles. The number of nitrogens with zero attached hydrogens (tertiary/aromatic N) is 1. The summed E-state index contributed by atoms with van der Waals surface area (Å²) in [5.41, 5.74) is 6.21. The van der Waals surface area contributed by atoms with Crippen LogP contribution in [0.25, 0.3) is 0 Å². The van der Waals surface area contributed by atoms with Gasteiger partial charge in [-0.3, -0.25) is 4.79 Å². The predicted molar refractivity (Wildman–Crippen MR) is 72.3 cm³/mol. The van der Waals surface area contributed by atoms with Gasteiger partial charge in [0.05, 0.1) is 24.9 Å². The zero-order valence-corrected chi connectivity index (χ0v) is 11.3. The Labute approximate surface area is 113 Å². The van der Waals surface area contributed by atoms with Gasteiger partial charge in [0.15, 0.2) is 0 Å². The average molecular weight is 264 g/mol. The molecule has 1 aromatic rings. The lowest BCUT2D eigenvalue weighted by Crippen LogP contribution is -2.51. The second kappa shape index (κ2) is 6.04. The third kappa shape index (κ3) is 3.05. The summed E-state index contributed by atoms with van der Waals surface area (Å²) in [5, 5.41) is 0. The number of methoxy groups -OCH3 is 1. The number of carbonyl (C=O) groups excluding carboxylic acids is 1. The highest BCUT2D eigenvalue weighted by molar-refractivity contribution is 5.97. The minimum Gasteiger partial charge on any atom is -0.496 e. The largest absolute Gasteiger partial charge is 0.496 e. The van der Waals surface area contributed by atoms with Crippen molar-refractivity contribution in [3.05, 3.63) is 29.8 Å². The summed E-state index contributed by atoms with van der Waals surface area (Å²) in [4.78, 5) is 14.3. The van der Waals surface area contributed by atoms with Crippen LogP contribution in [0.15, 0.2) is 24.3 Å². The summed E-state index contributed by atoms with van der Waals surface area (Å²) in [6, 6.07) is 7.25. The van der Waals surface area contributed by atoms with Crippen molar-refractivity contribution in [3.8, 4) is 5.75 Å². The normalized spacial score (nSPS) is 23.2. The van der Waals surface area contributed by atoms with Crippen LogP contribution in [0, 0.1) is 0 Å². The van der Waals surface area contributed by atoms with E-state index >= 15 is 0 Å². The lowest BCUT2D eigenvalue weighted by Gasteiger charge is -2.36. The van der Waals surface area contributed by atoms with Crippen LogP contribution in [0.4, 0.5) is 0 Å². The monoisotopic (exact) mass is 264 g/mol. The van der Waals surface area contributed by atoms with Gasteiger partial charge in [-0.15, -0.1) is 0 Å². The second-order valence-electron chi connectivity index (χ2n) is 4.71. The van der Waals surface area contributed by atoms with Crippen molar-refractivity contribution in [1.82, 2.24) is 4.90 Å². The van der Waals surface area contributed by atoms with Gasteiger partial charge in [-0.1, -0.05) is 12.1 Å². The zero-order chi connectivity index (χ0) is 13.8. The van der Waals surface area contributed by atoms with Crippen LogP contribution >= 0.6 is 0 Å². The first-order valence-electron chi connectivity index (χ1n) is 6.43. The highest BCUT2D eigenvalue weighted by Crippen LogP contribution is 2.21. The molecule has 1 aliphatic rings. The Hall–Kier alpha value is -1.59. The van der Waals surface area contributed by atoms with E-state index in [0.29, 0.717) is 30.9 Å². The molecule has 1 amide bonds. The third-order valence-corrected chi connectivity index (χ3v) is 3.21. The smallest absolute Gasteiger partial charge is 0.257 e. The van der Waals surface area contributed by atoms with E-state index < -0.39 is 0 Å². The molecule has 1 fully saturated rings. The number of hydrogen-bond acceptors (Lipinski definition) is 4. The zero-order valence-electron chi connectivity index (χ0n) is 11.3. The molecule has 0 aromatic heterocycles. The molecule has 19 heavy (non-hydrogen) atoms. The van der Waals surface area contributed by atoms with Crippen molar-refractivity contribution in [1.29, 1.82) is 0 Å². The number of ether oxygens (including phenoxy) is 2. The van der Waals surface area contributed by atoms with Crippen molar-refractivity contribution >= 4 is 5.91 Å². The van der Waals surface area contributed by atoms with Crippen LogP contribution in [0.5, 0.6) is 5.75 Å². The maximum atomic E-state index is 12.5. The van der Waals surface area contributed by atoms with Gasteiger partial charge in [-0.05, 0) is 19.1 Å². The number of amides is 1. The summed E-state index contributed by atoms with van der Waals surface area (Å²) in [5.74, 6) is 0.557. The van der Waals surface area contributed by atoms with Crippen molar-refractivity contribution < 1.29 is 14.3 Å². The van der Waals surface area contributed by atoms with Crippen molar-refractivity contribution in [2.45, 2.75) is 19.1 Å². The van der Waals surface area contributed by atoms with Crippen molar-refractivity contribution in [3.63, 3.8) is 0 Å². The Morgan fingerprint density at radius 2 is 2.21 bits per heavy atom. The Kier molecular flexibility index (Phi) is 4.39. The van der Waals surface area contributed by atoms with Gasteiger partial charge < -0.3 is 20.1 Å². The number of carbonyl (C=O) groups is 1. The van der Waals surface area contributed by atoms with Crippen LogP contribution in [-0.4, -0.2) is 49.8 Å². The number of rotatable bonds is 3. The minimum absolute atomic E-state index is 0.000886. The molecule has 0 spiro atoms. The molecule has 0 saturated carbocycles. The Bertz CT molecular complexity index is 450. The van der Waals surface area contributed by atoms with E-state index in [9.17, 15) is 4.79 Å². The quantitative estimate of drug-likeness (QED) is 0.880. The fourth-order valence-corrected chi connectivity index (χ4v) is 2.33. The molecule has 104 valence electrons. The van der Waals surface area contributed by atoms with Crippen molar-refractivity contribution in [2.24, 2.45) is 5.73 Å². The standard InChI is InChI=1S/C14H20N2O3/c1-10-8-16(9-11(7-15)19-10)14(17)12-5-3-4-6-13(12)18-2/h3-6,10-11H,7-9,15H2,1-2H3. The van der Waals surface area contributed by atoms with Gasteiger partial charge >= 0.3 is 0 Å². The van der Waals surface area contributed by atoms with Crippen LogP contribution in [0.1, 0.15) is 17.3 Å². The minimum atomic E-state index is -0.0950. The van der Waals surface area contributed by atoms with Gasteiger partial charge in [0, 0.05) is 19.6 Å². The third-order valence-electron chi connectivity index (χ3n) is 3.21. The van der Waals surface area contributed by atoms with Gasteiger partial charge in [0.1, 0.15) is 5.75 Å². The molecular formula is C14H20N2O3. The fourth-order valence-electron chi connectivity index (χ4n) is 2.33. The van der Waals surface area contributed by atoms with E-state index in [-0.39, 0.29) is 18.1 Å². The second-order valence-corrected chi connectivity index (χ2v) is 4.71. The molecule has 1 aliphatic heterocycles. The molecule has 0 radical (unpaired) electrons. The lowest BCUT2D eigenvalue weighted by molar-refractivity contribution is -0.0626. The first-order valence-corrected chi connectivity index (χ1v) is 6.43. The maximum Gasteiger partial charge on any atom is 0.257 e. The first-order chi connectivity index (χ1) is 9.15. The van der Waals surface area contributed by atoms with Crippen molar-refractivity contribution in [2.75, 3.05) is 26.7 Å². The molecule has 2 unspecified atom stereocenters. The van der Waals surface area contributed by atoms with Crippen LogP contribution in [0.3, 0.4) is 0 Å². The van der Waals surface area contributed by atoms with E-state index in [1.165, 1.54) is 0 Å². The molecule has 0 aliphatic carbocycles. The van der Waals surface area contributed by atoms with E-state index in [1.54, 1.807) is 24.1 Å². The molecule has 2 atom stereocenters. The summed E-state index contributed by atoms with van der Waals surface area (Å²) in [6.07, 6.45) is -0.0941. The molecule has 2 rings (SSSR count). The van der Waals surface area contributed by atoms with Gasteiger partial charge in [0.2, 0.25) is 0 Å². The van der Waals surface area contributed by atoms with Gasteiger partial charge in [-0.2, -0.15) is 0 Å². The maximum absolute atomic E-state index is 12.5. The highest BCUT2D eigenvalue weighted by atomic mass is 16.5. The molecule has 1 saturated heterocycles. The number of morpholine rings is 1. The Morgan fingerprint density at radius 1 is 1.47 bits per heavy atom. The summed E-state index contributed by atoms with van der Waals surface area (Å²) in [6.45, 7) is 3.47. The molecule has 0 bridgehead atoms. The lowest BCUT2D eigenvalue weighted by atomic mass is 10.1. The summed E-state index contributed by atoms with van der Waals surface area (Å²) >= 11 is 0. The molecular weight excluding hydrogens is 244 g/mol. The number of para-hydroxylation sites is 1. The topological polar surface area (TPSA) is 64.8 Å². The molecule has 1 heterocycles. The SMILES string of the molecule is COc1ccccc1C(=O)N1CC(C)OC(CN)C1. The van der Waals surface area contributed by atoms with Crippen LogP contribution in [-0.2, 0) is 4.74 Å². The van der Waals surface area contributed by atoms with Crippen LogP contribution in [0.2, 0.25) is 0 Å². The molecule has 2 N–H and O–H groups in total. The Morgan fingerprint density at radius 3 is 2.89 bits per heavy atom. The van der Waals surface area contributed by atoms with E-state index in [2.05, 4.69) is 0 Å². The number of hydrogen-bond donors (Lipinski definition) is 1. The summed E-state index contributed by atoms with van der Waals surface area (Å²) in [7, 11) is 1.57. The number of benzene rings is 1. The fraction of sp³-hybridized carbons (Fsp3) is 0.500. The van der Waals surface area contributed by atoms with Gasteiger partial charge in [-0.25, -0.2) is 0 Å². The highest BCUT2D eigenvalue weighted by Gasteiger charge is 2.29. The molecule has 5 nitrogen and oxygen atoms in total. The molecule has 5 heteroatoms. The summed E-state index contributed by atoms with van der Waals surface area (Å²) < 4.78 is 10.9. The van der Waals surface area contributed by atoms with E-state index in [4.69, 9.17) is 15.2 Å². The van der Waals surface area contributed by atoms with E-state index in [1.807, 2.05) is 19.1 Å². The van der Waals surface area contributed by atoms with Gasteiger partial charge in [0.25, 0.3) is 5.91 Å².